The van der Waals surface area contributed by atoms with Crippen LogP contribution in [0, 0.1) is 5.41 Å². The first-order valence-electron chi connectivity index (χ1n) is 6.81. The van der Waals surface area contributed by atoms with Gasteiger partial charge in [-0.15, -0.1) is 0 Å². The summed E-state index contributed by atoms with van der Waals surface area (Å²) in [6.07, 6.45) is 0. The first kappa shape index (κ1) is 15.5. The van der Waals surface area contributed by atoms with E-state index in [1.54, 1.807) is 13.8 Å². The van der Waals surface area contributed by atoms with Gasteiger partial charge in [-0.2, -0.15) is 4.98 Å². The molecule has 0 unspecified atom stereocenters. The number of carbonyl (C=O) groups is 1. The fourth-order valence-electron chi connectivity index (χ4n) is 2.03. The van der Waals surface area contributed by atoms with Gasteiger partial charge < -0.3 is 20.6 Å². The average Bonchev–Trinajstić information content (AvgIpc) is 2.47. The molecule has 0 spiro atoms. The third-order valence-corrected chi connectivity index (χ3v) is 2.91. The minimum atomic E-state index is -0.599. The van der Waals surface area contributed by atoms with Gasteiger partial charge in [-0.1, -0.05) is 18.2 Å². The number of carbonyl (C=O) groups excluding carboxylic acids is 1. The van der Waals surface area contributed by atoms with E-state index < -0.39 is 5.97 Å². The summed E-state index contributed by atoms with van der Waals surface area (Å²) in [6, 6.07) is 10.4. The number of hydrogen-bond acceptors (Lipinski definition) is 6. The summed E-state index contributed by atoms with van der Waals surface area (Å²) >= 11 is 0. The number of aromatic hydroxyl groups is 1. The Kier molecular flexibility index (Phi) is 4.73. The minimum Gasteiger partial charge on any atom is -0.493 e. The van der Waals surface area contributed by atoms with Crippen LogP contribution in [0.3, 0.4) is 0 Å². The second-order valence-corrected chi connectivity index (χ2v) is 4.59. The van der Waals surface area contributed by atoms with E-state index in [9.17, 15) is 9.90 Å². The third kappa shape index (κ3) is 3.41. The van der Waals surface area contributed by atoms with Gasteiger partial charge in [-0.3, -0.25) is 0 Å². The predicted octanol–water partition coefficient (Wildman–Crippen LogP) is 3.10. The van der Waals surface area contributed by atoms with Crippen LogP contribution in [-0.4, -0.2) is 28.4 Å². The molecule has 0 atom stereocenters. The molecule has 0 fully saturated rings. The second-order valence-electron chi connectivity index (χ2n) is 4.59. The summed E-state index contributed by atoms with van der Waals surface area (Å²) in [5, 5.41) is 20.7. The average molecular weight is 299 g/mol. The Morgan fingerprint density at radius 2 is 2.05 bits per heavy atom. The predicted molar refractivity (Wildman–Crippen MR) is 84.1 cm³/mol. The van der Waals surface area contributed by atoms with E-state index in [1.165, 1.54) is 6.07 Å². The van der Waals surface area contributed by atoms with Gasteiger partial charge >= 0.3 is 5.97 Å². The molecular weight excluding hydrogens is 282 g/mol. The lowest BCUT2D eigenvalue weighted by atomic mass is 10.0. The molecule has 6 heteroatoms. The highest BCUT2D eigenvalue weighted by Crippen LogP contribution is 2.26. The van der Waals surface area contributed by atoms with E-state index in [0.717, 1.165) is 5.69 Å². The molecule has 6 nitrogen and oxygen atoms in total. The number of hydrogen-bond donors (Lipinski definition) is 3. The molecule has 1 aromatic heterocycles. The Morgan fingerprint density at radius 3 is 2.64 bits per heavy atom. The molecule has 0 radical (unpaired) electrons. The molecule has 0 aliphatic rings. The Balaban J connectivity index is 2.52. The number of nitrogens with zero attached hydrogens (tertiary/aromatic N) is 1. The maximum atomic E-state index is 12.0. The van der Waals surface area contributed by atoms with Crippen LogP contribution >= 0.6 is 0 Å². The largest absolute Gasteiger partial charge is 0.493 e. The monoisotopic (exact) mass is 299 g/mol. The van der Waals surface area contributed by atoms with Crippen molar-refractivity contribution >= 4 is 23.2 Å². The van der Waals surface area contributed by atoms with Crippen molar-refractivity contribution in [3.05, 3.63) is 47.5 Å². The molecule has 0 saturated carbocycles. The maximum Gasteiger partial charge on any atom is 0.339 e. The second kappa shape index (κ2) is 6.71. The molecule has 2 aromatic rings. The lowest BCUT2D eigenvalue weighted by molar-refractivity contribution is 0.0525. The highest BCUT2D eigenvalue weighted by atomic mass is 16.5. The van der Waals surface area contributed by atoms with Crippen LogP contribution in [0.4, 0.5) is 11.5 Å². The third-order valence-electron chi connectivity index (χ3n) is 2.91. The number of nitrogens with one attached hydrogen (secondary N) is 2. The molecular formula is C16H17N3O3. The number of ether oxygens (including phenoxy) is 1. The van der Waals surface area contributed by atoms with Crippen LogP contribution in [-0.2, 0) is 4.74 Å². The van der Waals surface area contributed by atoms with E-state index in [2.05, 4.69) is 10.3 Å². The van der Waals surface area contributed by atoms with Gasteiger partial charge in [-0.25, -0.2) is 4.79 Å². The molecule has 0 aliphatic carbocycles. The zero-order valence-corrected chi connectivity index (χ0v) is 12.4. The van der Waals surface area contributed by atoms with Crippen molar-refractivity contribution in [3.63, 3.8) is 0 Å². The van der Waals surface area contributed by atoms with Crippen LogP contribution in [0.25, 0.3) is 0 Å². The zero-order valence-electron chi connectivity index (χ0n) is 12.4. The zero-order chi connectivity index (χ0) is 16.1. The number of benzene rings is 1. The Hall–Kier alpha value is -2.89. The Labute approximate surface area is 128 Å². The van der Waals surface area contributed by atoms with E-state index in [4.69, 9.17) is 10.1 Å². The number of rotatable bonds is 5. The number of anilines is 2. The molecule has 1 aromatic carbocycles. The number of para-hydroxylation sites is 1. The standard InChI is InChI=1S/C16H17N3O3/c1-3-22-16(21)12-9-13(20)19-15(14(12)10(2)17)18-11-7-5-4-6-8-11/h4-9,17H,3H2,1-2H3,(H2,18,19,20). The fraction of sp³-hybridized carbons (Fsp3) is 0.188. The van der Waals surface area contributed by atoms with Crippen molar-refractivity contribution in [2.24, 2.45) is 0 Å². The molecule has 0 amide bonds. The van der Waals surface area contributed by atoms with Gasteiger partial charge in [0.05, 0.1) is 17.7 Å². The van der Waals surface area contributed by atoms with Crippen molar-refractivity contribution in [3.8, 4) is 5.88 Å². The van der Waals surface area contributed by atoms with Crippen molar-refractivity contribution in [1.29, 1.82) is 5.41 Å². The fourth-order valence-corrected chi connectivity index (χ4v) is 2.03. The van der Waals surface area contributed by atoms with E-state index in [1.807, 2.05) is 30.3 Å². The van der Waals surface area contributed by atoms with Crippen LogP contribution < -0.4 is 5.32 Å². The smallest absolute Gasteiger partial charge is 0.339 e. The van der Waals surface area contributed by atoms with Crippen molar-refractivity contribution < 1.29 is 14.6 Å². The lowest BCUT2D eigenvalue weighted by Gasteiger charge is -2.14. The van der Waals surface area contributed by atoms with E-state index in [-0.39, 0.29) is 29.6 Å². The first-order valence-corrected chi connectivity index (χ1v) is 6.81. The highest BCUT2D eigenvalue weighted by molar-refractivity contribution is 6.10. The summed E-state index contributed by atoms with van der Waals surface area (Å²) in [6.45, 7) is 3.45. The quantitative estimate of drug-likeness (QED) is 0.582. The summed E-state index contributed by atoms with van der Waals surface area (Å²) in [7, 11) is 0. The lowest BCUT2D eigenvalue weighted by Crippen LogP contribution is -2.14. The van der Waals surface area contributed by atoms with Crippen molar-refractivity contribution in [2.45, 2.75) is 13.8 Å². The van der Waals surface area contributed by atoms with Crippen LogP contribution in [0.5, 0.6) is 5.88 Å². The van der Waals surface area contributed by atoms with Crippen LogP contribution in [0.2, 0.25) is 0 Å². The summed E-state index contributed by atoms with van der Waals surface area (Å²) < 4.78 is 4.98. The topological polar surface area (TPSA) is 95.3 Å². The molecule has 0 aliphatic heterocycles. The normalized spacial score (nSPS) is 10.1. The number of pyridine rings is 1. The van der Waals surface area contributed by atoms with E-state index in [0.29, 0.717) is 5.56 Å². The molecule has 2 rings (SSSR count). The molecule has 3 N–H and O–H groups in total. The van der Waals surface area contributed by atoms with Crippen LogP contribution in [0.1, 0.15) is 29.8 Å². The summed E-state index contributed by atoms with van der Waals surface area (Å²) in [5.41, 5.74) is 1.30. The van der Waals surface area contributed by atoms with Crippen molar-refractivity contribution in [1.82, 2.24) is 4.98 Å². The van der Waals surface area contributed by atoms with Gasteiger partial charge in [-0.05, 0) is 26.0 Å². The van der Waals surface area contributed by atoms with Gasteiger partial charge in [0.1, 0.15) is 5.82 Å². The molecule has 114 valence electrons. The van der Waals surface area contributed by atoms with Crippen LogP contribution in [0.15, 0.2) is 36.4 Å². The number of esters is 1. The first-order chi connectivity index (χ1) is 10.5. The Morgan fingerprint density at radius 1 is 1.36 bits per heavy atom. The minimum absolute atomic E-state index is 0.111. The maximum absolute atomic E-state index is 12.0. The molecule has 1 heterocycles. The van der Waals surface area contributed by atoms with Gasteiger partial charge in [0.25, 0.3) is 0 Å². The highest BCUT2D eigenvalue weighted by Gasteiger charge is 2.21. The molecule has 22 heavy (non-hydrogen) atoms. The summed E-state index contributed by atoms with van der Waals surface area (Å²) in [5.74, 6) is -0.675. The van der Waals surface area contributed by atoms with Gasteiger partial charge in [0.15, 0.2) is 0 Å². The Bertz CT molecular complexity index is 699. The molecule has 0 bridgehead atoms. The van der Waals surface area contributed by atoms with Gasteiger partial charge in [0, 0.05) is 17.5 Å². The SMILES string of the molecule is CCOC(=O)c1cc(O)nc(Nc2ccccc2)c1C(C)=N. The van der Waals surface area contributed by atoms with Gasteiger partial charge in [0.2, 0.25) is 5.88 Å². The summed E-state index contributed by atoms with van der Waals surface area (Å²) in [4.78, 5) is 16.0. The van der Waals surface area contributed by atoms with Crippen molar-refractivity contribution in [2.75, 3.05) is 11.9 Å². The van der Waals surface area contributed by atoms with E-state index >= 15 is 0 Å². The molecule has 0 saturated heterocycles. The number of aromatic nitrogens is 1.